The minimum absolute atomic E-state index is 0.273. The highest BCUT2D eigenvalue weighted by molar-refractivity contribution is 5.85. The number of rotatable bonds is 8. The van der Waals surface area contributed by atoms with Crippen LogP contribution in [-0.2, 0) is 6.54 Å². The second kappa shape index (κ2) is 11.1. The van der Waals surface area contributed by atoms with Gasteiger partial charge in [0.05, 0.1) is 14.2 Å². The molecule has 0 aliphatic carbocycles. The van der Waals surface area contributed by atoms with Crippen LogP contribution in [0.5, 0.6) is 11.5 Å². The summed E-state index contributed by atoms with van der Waals surface area (Å²) < 4.78 is 24.1. The van der Waals surface area contributed by atoms with E-state index in [0.29, 0.717) is 52.8 Å². The van der Waals surface area contributed by atoms with Crippen molar-refractivity contribution in [2.75, 3.05) is 50.6 Å². The predicted molar refractivity (Wildman–Crippen MR) is 144 cm³/mol. The summed E-state index contributed by atoms with van der Waals surface area (Å²) in [5.74, 6) is 2.49. The first-order valence-corrected chi connectivity index (χ1v) is 12.6. The standard InChI is InChI=1S/C27H31FN8O2/c1-17(2)35-11-13-36(14-12-35)26-23-25(31-27(32-26)29-16-18-5-8-20(28)9-6-18)34-33-24(30-23)19-7-10-21(37-3)22(15-19)38-4/h5-10,15,17H,11-14,16H2,1-4H3,(H,29,31,32,34). The molecule has 0 spiro atoms. The lowest BCUT2D eigenvalue weighted by molar-refractivity contribution is 0.209. The molecule has 1 saturated heterocycles. The first kappa shape index (κ1) is 25.5. The van der Waals surface area contributed by atoms with Crippen LogP contribution in [0.3, 0.4) is 0 Å². The van der Waals surface area contributed by atoms with Crippen LogP contribution in [0.15, 0.2) is 42.5 Å². The minimum atomic E-state index is -0.273. The van der Waals surface area contributed by atoms with E-state index in [1.165, 1.54) is 12.1 Å². The van der Waals surface area contributed by atoms with E-state index in [1.54, 1.807) is 26.4 Å². The summed E-state index contributed by atoms with van der Waals surface area (Å²) in [4.78, 5) is 19.0. The van der Waals surface area contributed by atoms with Crippen molar-refractivity contribution in [3.05, 3.63) is 53.8 Å². The summed E-state index contributed by atoms with van der Waals surface area (Å²) in [5, 5.41) is 12.0. The summed E-state index contributed by atoms with van der Waals surface area (Å²) in [7, 11) is 3.18. The molecular weight excluding hydrogens is 487 g/mol. The zero-order chi connectivity index (χ0) is 26.6. The molecule has 1 fully saturated rings. The minimum Gasteiger partial charge on any atom is -0.493 e. The Labute approximate surface area is 220 Å². The van der Waals surface area contributed by atoms with E-state index in [0.717, 1.165) is 37.3 Å². The number of hydrogen-bond acceptors (Lipinski definition) is 10. The zero-order valence-electron chi connectivity index (χ0n) is 22.0. The Hall–Kier alpha value is -4.12. The highest BCUT2D eigenvalue weighted by Gasteiger charge is 2.24. The molecule has 0 bridgehead atoms. The molecule has 3 heterocycles. The molecule has 5 rings (SSSR count). The third-order valence-electron chi connectivity index (χ3n) is 6.65. The van der Waals surface area contributed by atoms with Crippen LogP contribution in [0.25, 0.3) is 22.6 Å². The van der Waals surface area contributed by atoms with Gasteiger partial charge in [0, 0.05) is 44.3 Å². The number of fused-ring (bicyclic) bond motifs is 1. The van der Waals surface area contributed by atoms with Crippen LogP contribution in [0.1, 0.15) is 19.4 Å². The number of hydrogen-bond donors (Lipinski definition) is 1. The van der Waals surface area contributed by atoms with Crippen molar-refractivity contribution in [3.8, 4) is 22.9 Å². The lowest BCUT2D eigenvalue weighted by atomic mass is 10.2. The summed E-state index contributed by atoms with van der Waals surface area (Å²) in [6.45, 7) is 8.30. The summed E-state index contributed by atoms with van der Waals surface area (Å²) in [6.07, 6.45) is 0. The normalized spacial score (nSPS) is 14.2. The average molecular weight is 519 g/mol. The van der Waals surface area contributed by atoms with E-state index in [-0.39, 0.29) is 5.82 Å². The lowest BCUT2D eigenvalue weighted by Crippen LogP contribution is -2.49. The van der Waals surface area contributed by atoms with Crippen molar-refractivity contribution in [1.29, 1.82) is 0 Å². The molecule has 2 aromatic carbocycles. The van der Waals surface area contributed by atoms with Crippen LogP contribution in [-0.4, -0.2) is 76.5 Å². The van der Waals surface area contributed by atoms with Gasteiger partial charge in [-0.3, -0.25) is 4.90 Å². The van der Waals surface area contributed by atoms with Gasteiger partial charge in [0.2, 0.25) is 11.6 Å². The van der Waals surface area contributed by atoms with Gasteiger partial charge in [-0.1, -0.05) is 12.1 Å². The lowest BCUT2D eigenvalue weighted by Gasteiger charge is -2.37. The molecule has 0 atom stereocenters. The summed E-state index contributed by atoms with van der Waals surface area (Å²) in [6, 6.07) is 12.3. The quantitative estimate of drug-likeness (QED) is 0.371. The van der Waals surface area contributed by atoms with Crippen molar-refractivity contribution >= 4 is 22.9 Å². The number of nitrogens with zero attached hydrogens (tertiary/aromatic N) is 7. The molecule has 2 aromatic heterocycles. The van der Waals surface area contributed by atoms with Crippen LogP contribution in [0.4, 0.5) is 16.2 Å². The molecule has 198 valence electrons. The smallest absolute Gasteiger partial charge is 0.227 e. The molecule has 1 aliphatic rings. The molecule has 0 radical (unpaired) electrons. The molecule has 11 heteroatoms. The van der Waals surface area contributed by atoms with Crippen molar-refractivity contribution in [2.45, 2.75) is 26.4 Å². The van der Waals surface area contributed by atoms with Gasteiger partial charge in [-0.15, -0.1) is 10.2 Å². The third kappa shape index (κ3) is 5.42. The number of halogens is 1. The van der Waals surface area contributed by atoms with Gasteiger partial charge < -0.3 is 19.7 Å². The molecule has 0 saturated carbocycles. The Morgan fingerprint density at radius 2 is 1.63 bits per heavy atom. The number of nitrogens with one attached hydrogen (secondary N) is 1. The SMILES string of the molecule is COc1ccc(-c2nnc3nc(NCc4ccc(F)cc4)nc(N4CCN(C(C)C)CC4)c3n2)cc1OC. The Bertz CT molecular complexity index is 1410. The maximum Gasteiger partial charge on any atom is 0.227 e. The van der Waals surface area contributed by atoms with E-state index >= 15 is 0 Å². The van der Waals surface area contributed by atoms with Crippen molar-refractivity contribution in [1.82, 2.24) is 30.0 Å². The fourth-order valence-electron chi connectivity index (χ4n) is 4.45. The molecular formula is C27H31FN8O2. The van der Waals surface area contributed by atoms with Gasteiger partial charge in [0.15, 0.2) is 28.7 Å². The maximum atomic E-state index is 13.3. The second-order valence-electron chi connectivity index (χ2n) is 9.34. The maximum absolute atomic E-state index is 13.3. The zero-order valence-corrected chi connectivity index (χ0v) is 22.0. The number of ether oxygens (including phenoxy) is 2. The molecule has 10 nitrogen and oxygen atoms in total. The van der Waals surface area contributed by atoms with Gasteiger partial charge in [0.1, 0.15) is 5.82 Å². The van der Waals surface area contributed by atoms with Crippen LogP contribution in [0, 0.1) is 5.82 Å². The van der Waals surface area contributed by atoms with E-state index in [4.69, 9.17) is 19.4 Å². The first-order chi connectivity index (χ1) is 18.4. The van der Waals surface area contributed by atoms with Crippen molar-refractivity contribution < 1.29 is 13.9 Å². The molecule has 0 unspecified atom stereocenters. The molecule has 1 N–H and O–H groups in total. The highest BCUT2D eigenvalue weighted by Crippen LogP contribution is 2.32. The van der Waals surface area contributed by atoms with Gasteiger partial charge >= 0.3 is 0 Å². The predicted octanol–water partition coefficient (Wildman–Crippen LogP) is 3.78. The van der Waals surface area contributed by atoms with Crippen LogP contribution >= 0.6 is 0 Å². The largest absolute Gasteiger partial charge is 0.493 e. The number of methoxy groups -OCH3 is 2. The topological polar surface area (TPSA) is 101 Å². The van der Waals surface area contributed by atoms with E-state index in [2.05, 4.69) is 44.1 Å². The number of piperazine rings is 1. The van der Waals surface area contributed by atoms with Gasteiger partial charge in [-0.2, -0.15) is 9.97 Å². The van der Waals surface area contributed by atoms with Crippen molar-refractivity contribution in [2.24, 2.45) is 0 Å². The molecule has 1 aliphatic heterocycles. The average Bonchev–Trinajstić information content (AvgIpc) is 2.95. The van der Waals surface area contributed by atoms with Crippen LogP contribution < -0.4 is 19.7 Å². The van der Waals surface area contributed by atoms with Crippen molar-refractivity contribution in [3.63, 3.8) is 0 Å². The van der Waals surface area contributed by atoms with E-state index in [9.17, 15) is 4.39 Å². The van der Waals surface area contributed by atoms with Crippen LogP contribution in [0.2, 0.25) is 0 Å². The Morgan fingerprint density at radius 1 is 0.895 bits per heavy atom. The molecule has 38 heavy (non-hydrogen) atoms. The monoisotopic (exact) mass is 518 g/mol. The summed E-state index contributed by atoms with van der Waals surface area (Å²) >= 11 is 0. The highest BCUT2D eigenvalue weighted by atomic mass is 19.1. The fraction of sp³-hybridized carbons (Fsp3) is 0.370. The number of anilines is 2. The van der Waals surface area contributed by atoms with E-state index in [1.807, 2.05) is 18.2 Å². The van der Waals surface area contributed by atoms with Gasteiger partial charge in [-0.05, 0) is 49.7 Å². The number of aromatic nitrogens is 5. The second-order valence-corrected chi connectivity index (χ2v) is 9.34. The molecule has 4 aromatic rings. The number of benzene rings is 2. The Balaban J connectivity index is 1.51. The third-order valence-corrected chi connectivity index (χ3v) is 6.65. The Morgan fingerprint density at radius 3 is 2.32 bits per heavy atom. The summed E-state index contributed by atoms with van der Waals surface area (Å²) in [5.41, 5.74) is 2.63. The van der Waals surface area contributed by atoms with Gasteiger partial charge in [-0.25, -0.2) is 9.37 Å². The fourth-order valence-corrected chi connectivity index (χ4v) is 4.45. The first-order valence-electron chi connectivity index (χ1n) is 12.6. The van der Waals surface area contributed by atoms with Gasteiger partial charge in [0.25, 0.3) is 0 Å². The van der Waals surface area contributed by atoms with E-state index < -0.39 is 0 Å². The Kier molecular flexibility index (Phi) is 7.45. The molecule has 0 amide bonds.